The fourth-order valence-electron chi connectivity index (χ4n) is 0.522. The summed E-state index contributed by atoms with van der Waals surface area (Å²) in [6, 6.07) is -0.910. The highest BCUT2D eigenvalue weighted by molar-refractivity contribution is 7.98. The van der Waals surface area contributed by atoms with E-state index in [1.165, 1.54) is 11.8 Å². The second-order valence-corrected chi connectivity index (χ2v) is 2.83. The third kappa shape index (κ3) is 4.52. The van der Waals surface area contributed by atoms with E-state index in [9.17, 15) is 4.79 Å². The Morgan fingerprint density at radius 3 is 2.91 bits per heavy atom. The van der Waals surface area contributed by atoms with E-state index in [1.807, 2.05) is 6.26 Å². The summed E-state index contributed by atoms with van der Waals surface area (Å²) >= 11 is 1.53. The van der Waals surface area contributed by atoms with Crippen LogP contribution >= 0.6 is 11.8 Å². The molecule has 0 spiro atoms. The molecule has 0 amide bonds. The largest absolute Gasteiger partial charge is 0.481 e. The first-order chi connectivity index (χ1) is 5.22. The van der Waals surface area contributed by atoms with Crippen LogP contribution in [0.4, 0.5) is 0 Å². The van der Waals surface area contributed by atoms with Crippen LogP contribution in [0.2, 0.25) is 0 Å². The molecule has 1 atom stereocenters. The topological polar surface area (TPSA) is 86.1 Å². The van der Waals surface area contributed by atoms with Gasteiger partial charge in [-0.3, -0.25) is 4.79 Å². The van der Waals surface area contributed by atoms with E-state index < -0.39 is 12.0 Å². The minimum absolute atomic E-state index is 0.389. The van der Waals surface area contributed by atoms with Gasteiger partial charge in [0.1, 0.15) is 6.04 Å². The number of thioether (sulfide) groups is 1. The summed E-state index contributed by atoms with van der Waals surface area (Å²) < 4.78 is 0. The van der Waals surface area contributed by atoms with Crippen molar-refractivity contribution in [1.82, 2.24) is 0 Å². The summed E-state index contributed by atoms with van der Waals surface area (Å²) in [5.41, 5.74) is 7.97. The summed E-state index contributed by atoms with van der Waals surface area (Å²) in [6.07, 6.45) is 2.26. The normalized spacial score (nSPS) is 11.7. The van der Waals surface area contributed by atoms with Crippen molar-refractivity contribution in [2.45, 2.75) is 12.5 Å². The van der Waals surface area contributed by atoms with E-state index in [0.29, 0.717) is 12.2 Å². The van der Waals surface area contributed by atoms with Crippen LogP contribution in [0.25, 0.3) is 10.4 Å². The molecule has 0 bridgehead atoms. The number of hydrogen-bond donors (Lipinski definition) is 1. The van der Waals surface area contributed by atoms with E-state index in [0.717, 1.165) is 0 Å². The lowest BCUT2D eigenvalue weighted by Gasteiger charge is -2.02. The Kier molecular flexibility index (Phi) is 5.42. The molecule has 0 radical (unpaired) electrons. The highest BCUT2D eigenvalue weighted by Gasteiger charge is 2.13. The molecule has 11 heavy (non-hydrogen) atoms. The van der Waals surface area contributed by atoms with Crippen molar-refractivity contribution in [2.75, 3.05) is 12.0 Å². The van der Waals surface area contributed by atoms with Gasteiger partial charge in [-0.2, -0.15) is 11.8 Å². The molecular weight excluding hydrogens is 166 g/mol. The molecule has 0 saturated heterocycles. The maximum Gasteiger partial charge on any atom is 0.312 e. The second-order valence-electron chi connectivity index (χ2n) is 1.84. The van der Waals surface area contributed by atoms with Crippen LogP contribution in [0.1, 0.15) is 6.42 Å². The lowest BCUT2D eigenvalue weighted by Crippen LogP contribution is -2.17. The van der Waals surface area contributed by atoms with Gasteiger partial charge in [0.15, 0.2) is 0 Å². The molecule has 0 aromatic heterocycles. The van der Waals surface area contributed by atoms with E-state index >= 15 is 0 Å². The predicted octanol–water partition coefficient (Wildman–Crippen LogP) is 1.50. The van der Waals surface area contributed by atoms with Crippen LogP contribution < -0.4 is 0 Å². The molecule has 0 rings (SSSR count). The number of rotatable bonds is 5. The zero-order chi connectivity index (χ0) is 8.69. The predicted molar refractivity (Wildman–Crippen MR) is 43.6 cm³/mol. The Bertz CT molecular complexity index is 177. The van der Waals surface area contributed by atoms with E-state index in [4.69, 9.17) is 10.6 Å². The minimum Gasteiger partial charge on any atom is -0.481 e. The number of carbonyl (C=O) groups is 1. The first kappa shape index (κ1) is 10.1. The first-order valence-corrected chi connectivity index (χ1v) is 4.37. The molecule has 0 saturated carbocycles. The average Bonchev–Trinajstić information content (AvgIpc) is 1.97. The van der Waals surface area contributed by atoms with Crippen molar-refractivity contribution in [3.8, 4) is 0 Å². The van der Waals surface area contributed by atoms with Crippen LogP contribution in [-0.2, 0) is 4.79 Å². The zero-order valence-corrected chi connectivity index (χ0v) is 6.91. The van der Waals surface area contributed by atoms with Gasteiger partial charge in [0.05, 0.1) is 0 Å². The van der Waals surface area contributed by atoms with Gasteiger partial charge in [0, 0.05) is 4.91 Å². The van der Waals surface area contributed by atoms with Gasteiger partial charge < -0.3 is 5.11 Å². The standard InChI is InChI=1S/C5H9N3O2S/c1-11-3-2-4(5(9)10)7-8-6/h4H,2-3H2,1H3,(H,9,10)/t4-/m0/s1. The van der Waals surface area contributed by atoms with Gasteiger partial charge in [-0.25, -0.2) is 0 Å². The molecule has 0 fully saturated rings. The second kappa shape index (κ2) is 5.88. The van der Waals surface area contributed by atoms with Gasteiger partial charge in [0.2, 0.25) is 0 Å². The third-order valence-electron chi connectivity index (χ3n) is 1.07. The fourth-order valence-corrected chi connectivity index (χ4v) is 0.981. The number of azide groups is 1. The fraction of sp³-hybridized carbons (Fsp3) is 0.800. The lowest BCUT2D eigenvalue weighted by atomic mass is 10.2. The van der Waals surface area contributed by atoms with Gasteiger partial charge in [-0.05, 0) is 24.0 Å². The molecule has 0 aliphatic rings. The first-order valence-electron chi connectivity index (χ1n) is 2.98. The Labute approximate surface area is 68.4 Å². The number of hydrogen-bond acceptors (Lipinski definition) is 3. The third-order valence-corrected chi connectivity index (χ3v) is 1.72. The van der Waals surface area contributed by atoms with Gasteiger partial charge in [-0.1, -0.05) is 5.11 Å². The van der Waals surface area contributed by atoms with Gasteiger partial charge >= 0.3 is 5.97 Å². The van der Waals surface area contributed by atoms with Crippen molar-refractivity contribution in [2.24, 2.45) is 5.11 Å². The monoisotopic (exact) mass is 175 g/mol. The summed E-state index contributed by atoms with van der Waals surface area (Å²) in [5, 5.41) is 11.6. The molecule has 6 heteroatoms. The Balaban J connectivity index is 3.89. The van der Waals surface area contributed by atoms with Crippen molar-refractivity contribution >= 4 is 17.7 Å². The molecule has 0 aromatic carbocycles. The highest BCUT2D eigenvalue weighted by Crippen LogP contribution is 2.04. The quantitative estimate of drug-likeness (QED) is 0.390. The summed E-state index contributed by atoms with van der Waals surface area (Å²) in [6.45, 7) is 0. The molecule has 0 aliphatic heterocycles. The maximum absolute atomic E-state index is 10.3. The van der Waals surface area contributed by atoms with Crippen LogP contribution in [0.15, 0.2) is 5.11 Å². The number of nitrogens with zero attached hydrogens (tertiary/aromatic N) is 3. The van der Waals surface area contributed by atoms with E-state index in [1.54, 1.807) is 0 Å². The zero-order valence-electron chi connectivity index (χ0n) is 6.10. The molecule has 62 valence electrons. The molecule has 0 aromatic rings. The highest BCUT2D eigenvalue weighted by atomic mass is 32.2. The number of carboxylic acid groups (broad SMARTS) is 1. The lowest BCUT2D eigenvalue weighted by molar-refractivity contribution is -0.138. The summed E-state index contributed by atoms with van der Waals surface area (Å²) in [4.78, 5) is 12.8. The molecule has 5 nitrogen and oxygen atoms in total. The molecular formula is C5H9N3O2S. The van der Waals surface area contributed by atoms with Gasteiger partial charge in [-0.15, -0.1) is 0 Å². The number of aliphatic carboxylic acids is 1. The summed E-state index contributed by atoms with van der Waals surface area (Å²) in [5.74, 6) is -0.368. The number of carboxylic acids is 1. The van der Waals surface area contributed by atoms with Crippen molar-refractivity contribution in [3.05, 3.63) is 10.4 Å². The molecule has 1 N–H and O–H groups in total. The Morgan fingerprint density at radius 2 is 2.55 bits per heavy atom. The Morgan fingerprint density at radius 1 is 1.91 bits per heavy atom. The van der Waals surface area contributed by atoms with E-state index in [2.05, 4.69) is 10.0 Å². The molecule has 0 unspecified atom stereocenters. The van der Waals surface area contributed by atoms with Crippen molar-refractivity contribution in [1.29, 1.82) is 0 Å². The summed E-state index contributed by atoms with van der Waals surface area (Å²) in [7, 11) is 0. The molecule has 0 heterocycles. The minimum atomic E-state index is -1.06. The van der Waals surface area contributed by atoms with E-state index in [-0.39, 0.29) is 0 Å². The smallest absolute Gasteiger partial charge is 0.312 e. The van der Waals surface area contributed by atoms with Gasteiger partial charge in [0.25, 0.3) is 0 Å². The Hall–Kier alpha value is -0.870. The van der Waals surface area contributed by atoms with Crippen molar-refractivity contribution in [3.63, 3.8) is 0 Å². The SMILES string of the molecule is CSCC[C@H](N=[N+]=[N-])C(=O)O. The van der Waals surface area contributed by atoms with Crippen LogP contribution in [-0.4, -0.2) is 29.1 Å². The molecule has 0 aliphatic carbocycles. The van der Waals surface area contributed by atoms with Crippen LogP contribution in [0.3, 0.4) is 0 Å². The van der Waals surface area contributed by atoms with Crippen LogP contribution in [0, 0.1) is 0 Å². The van der Waals surface area contributed by atoms with Crippen LogP contribution in [0.5, 0.6) is 0 Å². The maximum atomic E-state index is 10.3. The van der Waals surface area contributed by atoms with Crippen molar-refractivity contribution < 1.29 is 9.90 Å². The average molecular weight is 175 g/mol.